The van der Waals surface area contributed by atoms with E-state index in [0.717, 1.165) is 0 Å². The molecule has 8 heteroatoms. The molecule has 0 fully saturated rings. The third kappa shape index (κ3) is 2.84. The third-order valence-corrected chi connectivity index (χ3v) is 2.83. The van der Waals surface area contributed by atoms with Crippen LogP contribution in [0.4, 0.5) is 18.9 Å². The largest absolute Gasteiger partial charge is 0.406 e. The molecule has 20 heavy (non-hydrogen) atoms. The molecular weight excluding hydrogens is 273 g/mol. The summed E-state index contributed by atoms with van der Waals surface area (Å²) in [6.45, 7) is 0.112. The van der Waals surface area contributed by atoms with Crippen LogP contribution in [0.15, 0.2) is 18.2 Å². The van der Waals surface area contributed by atoms with Gasteiger partial charge in [-0.2, -0.15) is 18.3 Å². The molecule has 1 aromatic carbocycles. The van der Waals surface area contributed by atoms with Crippen LogP contribution in [0.25, 0.3) is 10.9 Å². The quantitative estimate of drug-likeness (QED) is 0.849. The van der Waals surface area contributed by atoms with Gasteiger partial charge in [0.05, 0.1) is 5.52 Å². The van der Waals surface area contributed by atoms with Crippen molar-refractivity contribution in [3.05, 3.63) is 23.9 Å². The highest BCUT2D eigenvalue weighted by Crippen LogP contribution is 2.22. The molecule has 0 radical (unpaired) electrons. The molecule has 0 atom stereocenters. The smallest absolute Gasteiger partial charge is 0.399 e. The second-order valence-corrected chi connectivity index (χ2v) is 4.31. The summed E-state index contributed by atoms with van der Waals surface area (Å²) in [7, 11) is 0. The highest BCUT2D eigenvalue weighted by molar-refractivity contribution is 6.05. The lowest BCUT2D eigenvalue weighted by Gasteiger charge is -2.21. The Hall–Kier alpha value is -2.25. The van der Waals surface area contributed by atoms with Crippen LogP contribution < -0.4 is 5.73 Å². The second-order valence-electron chi connectivity index (χ2n) is 4.31. The van der Waals surface area contributed by atoms with Crippen molar-refractivity contribution in [3.63, 3.8) is 0 Å². The van der Waals surface area contributed by atoms with Gasteiger partial charge in [0.1, 0.15) is 6.54 Å². The van der Waals surface area contributed by atoms with Crippen LogP contribution in [0.2, 0.25) is 0 Å². The number of benzene rings is 1. The molecule has 0 aliphatic rings. The zero-order valence-corrected chi connectivity index (χ0v) is 10.7. The number of carbonyl (C=O) groups is 1. The van der Waals surface area contributed by atoms with Crippen LogP contribution in [0.3, 0.4) is 0 Å². The van der Waals surface area contributed by atoms with Gasteiger partial charge < -0.3 is 10.6 Å². The van der Waals surface area contributed by atoms with Gasteiger partial charge in [-0.1, -0.05) is 0 Å². The summed E-state index contributed by atoms with van der Waals surface area (Å²) in [5, 5.41) is 6.81. The number of anilines is 1. The predicted octanol–water partition coefficient (Wildman–Crippen LogP) is 2.17. The van der Waals surface area contributed by atoms with Crippen LogP contribution in [0.1, 0.15) is 17.4 Å². The maximum Gasteiger partial charge on any atom is 0.406 e. The van der Waals surface area contributed by atoms with E-state index >= 15 is 0 Å². The topological polar surface area (TPSA) is 75.0 Å². The molecule has 108 valence electrons. The lowest BCUT2D eigenvalue weighted by atomic mass is 10.1. The average Bonchev–Trinajstić information content (AvgIpc) is 2.76. The fourth-order valence-corrected chi connectivity index (χ4v) is 1.89. The van der Waals surface area contributed by atoms with E-state index in [2.05, 4.69) is 10.2 Å². The van der Waals surface area contributed by atoms with Crippen molar-refractivity contribution in [2.24, 2.45) is 0 Å². The van der Waals surface area contributed by atoms with E-state index in [1.165, 1.54) is 13.0 Å². The average molecular weight is 286 g/mol. The zero-order chi connectivity index (χ0) is 14.9. The van der Waals surface area contributed by atoms with Crippen molar-refractivity contribution in [2.45, 2.75) is 13.1 Å². The van der Waals surface area contributed by atoms with Gasteiger partial charge in [-0.15, -0.1) is 0 Å². The fourth-order valence-electron chi connectivity index (χ4n) is 1.89. The van der Waals surface area contributed by atoms with Crippen LogP contribution in [-0.4, -0.2) is 40.3 Å². The summed E-state index contributed by atoms with van der Waals surface area (Å²) >= 11 is 0. The maximum absolute atomic E-state index is 12.4. The number of carbonyl (C=O) groups excluding carboxylic acids is 1. The summed E-state index contributed by atoms with van der Waals surface area (Å²) in [4.78, 5) is 12.8. The molecule has 0 saturated heterocycles. The van der Waals surface area contributed by atoms with E-state index < -0.39 is 18.6 Å². The Morgan fingerprint density at radius 3 is 2.75 bits per heavy atom. The Balaban J connectivity index is 2.37. The molecule has 1 amide bonds. The van der Waals surface area contributed by atoms with Gasteiger partial charge in [-0.3, -0.25) is 9.89 Å². The molecule has 3 N–H and O–H groups in total. The molecule has 1 heterocycles. The number of hydrogen-bond acceptors (Lipinski definition) is 3. The number of alkyl halides is 3. The van der Waals surface area contributed by atoms with Gasteiger partial charge in [-0.05, 0) is 25.1 Å². The number of nitrogens with one attached hydrogen (secondary N) is 1. The minimum absolute atomic E-state index is 0.0570. The molecule has 0 saturated carbocycles. The van der Waals surface area contributed by atoms with E-state index in [1.807, 2.05) is 0 Å². The Kier molecular flexibility index (Phi) is 3.56. The number of rotatable bonds is 3. The normalized spacial score (nSPS) is 11.8. The number of fused-ring (bicyclic) bond motifs is 1. The Labute approximate surface area is 112 Å². The van der Waals surface area contributed by atoms with E-state index in [-0.39, 0.29) is 12.2 Å². The summed E-state index contributed by atoms with van der Waals surface area (Å²) in [6.07, 6.45) is -4.45. The van der Waals surface area contributed by atoms with Gasteiger partial charge in [0.25, 0.3) is 5.91 Å². The number of amides is 1. The van der Waals surface area contributed by atoms with Crippen molar-refractivity contribution < 1.29 is 18.0 Å². The highest BCUT2D eigenvalue weighted by atomic mass is 19.4. The second kappa shape index (κ2) is 5.03. The molecule has 0 unspecified atom stereocenters. The van der Waals surface area contributed by atoms with E-state index in [1.54, 1.807) is 12.1 Å². The maximum atomic E-state index is 12.4. The first-order chi connectivity index (χ1) is 9.31. The molecule has 1 aromatic heterocycles. The Bertz CT molecular complexity index is 635. The molecule has 2 rings (SSSR count). The standard InChI is InChI=1S/C12H13F3N4O/c1-2-19(6-12(13,14)15)11(20)10-8-5-7(16)3-4-9(8)17-18-10/h3-5H,2,6,16H2,1H3,(H,17,18). The fraction of sp³-hybridized carbons (Fsp3) is 0.333. The Morgan fingerprint density at radius 1 is 1.45 bits per heavy atom. The summed E-state index contributed by atoms with van der Waals surface area (Å²) < 4.78 is 37.3. The molecule has 0 spiro atoms. The monoisotopic (exact) mass is 286 g/mol. The van der Waals surface area contributed by atoms with Gasteiger partial charge in [0.15, 0.2) is 5.69 Å². The lowest BCUT2D eigenvalue weighted by molar-refractivity contribution is -0.140. The van der Waals surface area contributed by atoms with Gasteiger partial charge >= 0.3 is 6.18 Å². The number of halogens is 3. The number of nitrogen functional groups attached to an aromatic ring is 1. The van der Waals surface area contributed by atoms with Gasteiger partial charge in [0.2, 0.25) is 0 Å². The molecule has 2 aromatic rings. The summed E-state index contributed by atoms with van der Waals surface area (Å²) in [5.74, 6) is -0.776. The summed E-state index contributed by atoms with van der Waals surface area (Å²) in [5.41, 5.74) is 6.51. The molecule has 0 bridgehead atoms. The summed E-state index contributed by atoms with van der Waals surface area (Å²) in [6, 6.07) is 4.74. The van der Waals surface area contributed by atoms with E-state index in [9.17, 15) is 18.0 Å². The van der Waals surface area contributed by atoms with E-state index in [0.29, 0.717) is 21.5 Å². The first-order valence-electron chi connectivity index (χ1n) is 5.91. The SMILES string of the molecule is CCN(CC(F)(F)F)C(=O)c1n[nH]c2ccc(N)cc12. The van der Waals surface area contributed by atoms with Crippen LogP contribution in [-0.2, 0) is 0 Å². The number of hydrogen-bond donors (Lipinski definition) is 2. The minimum atomic E-state index is -4.45. The number of H-pyrrole nitrogens is 1. The van der Waals surface area contributed by atoms with Crippen LogP contribution >= 0.6 is 0 Å². The highest BCUT2D eigenvalue weighted by Gasteiger charge is 2.33. The van der Waals surface area contributed by atoms with Crippen LogP contribution in [0, 0.1) is 0 Å². The number of aromatic amines is 1. The lowest BCUT2D eigenvalue weighted by Crippen LogP contribution is -2.39. The van der Waals surface area contributed by atoms with E-state index in [4.69, 9.17) is 5.73 Å². The Morgan fingerprint density at radius 2 is 2.15 bits per heavy atom. The zero-order valence-electron chi connectivity index (χ0n) is 10.7. The van der Waals surface area contributed by atoms with Crippen LogP contribution in [0.5, 0.6) is 0 Å². The minimum Gasteiger partial charge on any atom is -0.399 e. The molecule has 5 nitrogen and oxygen atoms in total. The molecule has 0 aliphatic heterocycles. The number of nitrogens with two attached hydrogens (primary N) is 1. The first kappa shape index (κ1) is 14.2. The number of nitrogens with zero attached hydrogens (tertiary/aromatic N) is 2. The van der Waals surface area contributed by atoms with Crippen molar-refractivity contribution in [1.29, 1.82) is 0 Å². The van der Waals surface area contributed by atoms with Gasteiger partial charge in [-0.25, -0.2) is 0 Å². The van der Waals surface area contributed by atoms with Crippen molar-refractivity contribution in [1.82, 2.24) is 15.1 Å². The predicted molar refractivity (Wildman–Crippen MR) is 68.1 cm³/mol. The molecule has 0 aliphatic carbocycles. The number of aromatic nitrogens is 2. The first-order valence-corrected chi connectivity index (χ1v) is 5.91. The van der Waals surface area contributed by atoms with Gasteiger partial charge in [0, 0.05) is 17.6 Å². The molecular formula is C12H13F3N4O. The third-order valence-electron chi connectivity index (χ3n) is 2.83. The van der Waals surface area contributed by atoms with Crippen molar-refractivity contribution in [2.75, 3.05) is 18.8 Å². The van der Waals surface area contributed by atoms with Crippen molar-refractivity contribution >= 4 is 22.5 Å². The van der Waals surface area contributed by atoms with Crippen molar-refractivity contribution in [3.8, 4) is 0 Å².